The van der Waals surface area contributed by atoms with Gasteiger partial charge in [0.05, 0.1) is 0 Å². The van der Waals surface area contributed by atoms with Gasteiger partial charge in [-0.3, -0.25) is 0 Å². The van der Waals surface area contributed by atoms with Crippen LogP contribution in [0.1, 0.15) is 0 Å². The molecule has 0 saturated carbocycles. The van der Waals surface area contributed by atoms with Crippen molar-refractivity contribution in [3.8, 4) is 56.4 Å². The molecule has 54 heavy (non-hydrogen) atoms. The summed E-state index contributed by atoms with van der Waals surface area (Å²) in [6.45, 7) is 0. The third-order valence-corrected chi connectivity index (χ3v) is 11.5. The van der Waals surface area contributed by atoms with Gasteiger partial charge in [-0.25, -0.2) is 15.0 Å². The number of benzene rings is 8. The molecule has 0 aliphatic carbocycles. The number of hydrogen-bond donors (Lipinski definition) is 0. The summed E-state index contributed by atoms with van der Waals surface area (Å²) in [5.74, 6) is 1.92. The maximum Gasteiger partial charge on any atom is 0.165 e. The van der Waals surface area contributed by atoms with Crippen molar-refractivity contribution in [1.82, 2.24) is 15.0 Å². The Morgan fingerprint density at radius 2 is 1.00 bits per heavy atom. The van der Waals surface area contributed by atoms with E-state index in [9.17, 15) is 0 Å². The summed E-state index contributed by atoms with van der Waals surface area (Å²) in [6, 6.07) is 61.4. The van der Waals surface area contributed by atoms with Gasteiger partial charge < -0.3 is 4.42 Å². The molecule has 11 rings (SSSR count). The number of para-hydroxylation sites is 1. The smallest absolute Gasteiger partial charge is 0.165 e. The fourth-order valence-electron chi connectivity index (χ4n) is 7.84. The summed E-state index contributed by atoms with van der Waals surface area (Å²) in [7, 11) is 0. The van der Waals surface area contributed by atoms with Gasteiger partial charge in [0.1, 0.15) is 11.2 Å². The lowest BCUT2D eigenvalue weighted by atomic mass is 9.91. The average molecular weight is 708 g/mol. The van der Waals surface area contributed by atoms with Gasteiger partial charge in [0.15, 0.2) is 17.5 Å². The van der Waals surface area contributed by atoms with Crippen LogP contribution < -0.4 is 0 Å². The zero-order valence-corrected chi connectivity index (χ0v) is 29.7. The zero-order valence-electron chi connectivity index (χ0n) is 28.9. The molecule has 3 heterocycles. The summed E-state index contributed by atoms with van der Waals surface area (Å²) >= 11 is 1.78. The Balaban J connectivity index is 1.14. The highest BCUT2D eigenvalue weighted by Gasteiger charge is 2.21. The van der Waals surface area contributed by atoms with Gasteiger partial charge in [0.2, 0.25) is 0 Å². The van der Waals surface area contributed by atoms with Crippen LogP contribution in [0, 0.1) is 0 Å². The van der Waals surface area contributed by atoms with Crippen LogP contribution in [0.5, 0.6) is 0 Å². The van der Waals surface area contributed by atoms with Gasteiger partial charge >= 0.3 is 0 Å². The molecule has 4 nitrogen and oxygen atoms in total. The molecule has 0 aliphatic rings. The van der Waals surface area contributed by atoms with Crippen molar-refractivity contribution in [2.24, 2.45) is 0 Å². The van der Waals surface area contributed by atoms with Crippen molar-refractivity contribution in [3.63, 3.8) is 0 Å². The molecule has 0 spiro atoms. The van der Waals surface area contributed by atoms with E-state index in [0.717, 1.165) is 71.7 Å². The largest absolute Gasteiger partial charge is 0.455 e. The van der Waals surface area contributed by atoms with Crippen LogP contribution in [0.25, 0.3) is 109 Å². The van der Waals surface area contributed by atoms with E-state index in [1.165, 1.54) is 20.2 Å². The monoisotopic (exact) mass is 707 g/mol. The van der Waals surface area contributed by atoms with Crippen LogP contribution >= 0.6 is 11.3 Å². The molecule has 0 bridgehead atoms. The highest BCUT2D eigenvalue weighted by atomic mass is 32.1. The van der Waals surface area contributed by atoms with Crippen LogP contribution in [0.4, 0.5) is 0 Å². The van der Waals surface area contributed by atoms with E-state index < -0.39 is 0 Å². The summed E-state index contributed by atoms with van der Waals surface area (Å²) in [5, 5.41) is 6.86. The molecular weight excluding hydrogens is 679 g/mol. The molecule has 0 saturated heterocycles. The first-order valence-electron chi connectivity index (χ1n) is 18.0. The topological polar surface area (TPSA) is 51.8 Å². The SMILES string of the molecule is c1ccc(-c2nc(-c3cccc(-c4cc5cccc(-c6ccccc6)c5c5oc6ccccc6c45)c3)nc(-c3cccc4c3sc3ccccc34)n2)cc1. The third-order valence-electron chi connectivity index (χ3n) is 10.3. The Labute approximate surface area is 314 Å². The van der Waals surface area contributed by atoms with Gasteiger partial charge in [-0.05, 0) is 58.0 Å². The zero-order chi connectivity index (χ0) is 35.6. The molecule has 252 valence electrons. The van der Waals surface area contributed by atoms with E-state index in [2.05, 4.69) is 152 Å². The van der Waals surface area contributed by atoms with Gasteiger partial charge in [-0.15, -0.1) is 11.3 Å². The Morgan fingerprint density at radius 1 is 0.389 bits per heavy atom. The Morgan fingerprint density at radius 3 is 1.85 bits per heavy atom. The Bertz CT molecular complexity index is 3220. The van der Waals surface area contributed by atoms with Gasteiger partial charge in [-0.1, -0.05) is 146 Å². The highest BCUT2D eigenvalue weighted by Crippen LogP contribution is 2.45. The van der Waals surface area contributed by atoms with Gasteiger partial charge in [-0.2, -0.15) is 0 Å². The summed E-state index contributed by atoms with van der Waals surface area (Å²) in [4.78, 5) is 15.4. The first-order valence-corrected chi connectivity index (χ1v) is 18.8. The lowest BCUT2D eigenvalue weighted by Crippen LogP contribution is -2.00. The second-order valence-electron chi connectivity index (χ2n) is 13.5. The molecule has 0 amide bonds. The first kappa shape index (κ1) is 30.7. The van der Waals surface area contributed by atoms with Crippen molar-refractivity contribution in [2.75, 3.05) is 0 Å². The predicted molar refractivity (Wildman–Crippen MR) is 225 cm³/mol. The summed E-state index contributed by atoms with van der Waals surface area (Å²) in [6.07, 6.45) is 0. The molecule has 0 atom stereocenters. The second kappa shape index (κ2) is 12.3. The standard InChI is InChI=1S/C49H29N3OS/c1-3-14-30(15-4-1)35-23-12-19-33-29-40(44-38-22-7-9-26-41(38)53-45(44)43(33)35)32-18-11-20-34(28-32)48-50-47(31-16-5-2-6-17-31)51-49(52-48)39-25-13-24-37-36-21-8-10-27-42(36)54-46(37)39/h1-29H. The quantitative estimate of drug-likeness (QED) is 0.179. The van der Waals surface area contributed by atoms with Crippen LogP contribution in [0.3, 0.4) is 0 Å². The van der Waals surface area contributed by atoms with Crippen molar-refractivity contribution >= 4 is 64.2 Å². The molecular formula is C49H29N3OS. The number of aromatic nitrogens is 3. The fraction of sp³-hybridized carbons (Fsp3) is 0. The molecule has 3 aromatic heterocycles. The first-order chi connectivity index (χ1) is 26.8. The minimum Gasteiger partial charge on any atom is -0.455 e. The molecule has 0 aliphatic heterocycles. The van der Waals surface area contributed by atoms with E-state index in [4.69, 9.17) is 19.4 Å². The molecule has 0 fully saturated rings. The number of rotatable bonds is 5. The van der Waals surface area contributed by atoms with Crippen molar-refractivity contribution in [1.29, 1.82) is 0 Å². The summed E-state index contributed by atoms with van der Waals surface area (Å²) in [5.41, 5.74) is 9.08. The third kappa shape index (κ3) is 4.94. The number of furan rings is 1. The van der Waals surface area contributed by atoms with Crippen LogP contribution in [0.2, 0.25) is 0 Å². The Kier molecular flexibility index (Phi) is 7.00. The van der Waals surface area contributed by atoms with E-state index >= 15 is 0 Å². The minimum atomic E-state index is 0.624. The van der Waals surface area contributed by atoms with Crippen LogP contribution in [-0.4, -0.2) is 15.0 Å². The van der Waals surface area contributed by atoms with Gasteiger partial charge in [0.25, 0.3) is 0 Å². The molecule has 8 aromatic carbocycles. The summed E-state index contributed by atoms with van der Waals surface area (Å²) < 4.78 is 9.17. The van der Waals surface area contributed by atoms with Crippen molar-refractivity contribution < 1.29 is 4.42 Å². The van der Waals surface area contributed by atoms with Crippen LogP contribution in [0.15, 0.2) is 180 Å². The van der Waals surface area contributed by atoms with Gasteiger partial charge in [0, 0.05) is 53.0 Å². The maximum absolute atomic E-state index is 6.76. The number of thiophene rings is 1. The number of hydrogen-bond acceptors (Lipinski definition) is 5. The van der Waals surface area contributed by atoms with Crippen LogP contribution in [-0.2, 0) is 0 Å². The molecule has 11 aromatic rings. The molecule has 0 N–H and O–H groups in total. The molecule has 0 radical (unpaired) electrons. The lowest BCUT2D eigenvalue weighted by molar-refractivity contribution is 0.673. The van der Waals surface area contributed by atoms with E-state index in [1.54, 1.807) is 11.3 Å². The normalized spacial score (nSPS) is 11.7. The van der Waals surface area contributed by atoms with E-state index in [-0.39, 0.29) is 0 Å². The number of nitrogens with zero attached hydrogens (tertiary/aromatic N) is 3. The van der Waals surface area contributed by atoms with E-state index in [1.807, 2.05) is 24.3 Å². The highest BCUT2D eigenvalue weighted by molar-refractivity contribution is 7.26. The predicted octanol–water partition coefficient (Wildman–Crippen LogP) is 13.6. The maximum atomic E-state index is 6.76. The molecule has 0 unspecified atom stereocenters. The van der Waals surface area contributed by atoms with Crippen molar-refractivity contribution in [2.45, 2.75) is 0 Å². The fourth-order valence-corrected chi connectivity index (χ4v) is 9.05. The minimum absolute atomic E-state index is 0.624. The van der Waals surface area contributed by atoms with Crippen molar-refractivity contribution in [3.05, 3.63) is 176 Å². The Hall–Kier alpha value is -6.95. The second-order valence-corrected chi connectivity index (χ2v) is 14.6. The number of fused-ring (bicyclic) bond motifs is 8. The van der Waals surface area contributed by atoms with E-state index in [0.29, 0.717) is 17.5 Å². The average Bonchev–Trinajstić information content (AvgIpc) is 3.83. The lowest BCUT2D eigenvalue weighted by Gasteiger charge is -2.13. The molecule has 5 heteroatoms.